The molecule has 0 fully saturated rings. The summed E-state index contributed by atoms with van der Waals surface area (Å²) in [6.45, 7) is 0. The van der Waals surface area contributed by atoms with Gasteiger partial charge in [0.05, 0.1) is 29.0 Å². The van der Waals surface area contributed by atoms with Crippen LogP contribution in [0.15, 0.2) is 75.9 Å². The lowest BCUT2D eigenvalue weighted by Gasteiger charge is -2.25. The fourth-order valence-electron chi connectivity index (χ4n) is 4.07. The minimum absolute atomic E-state index is 0.0824. The van der Waals surface area contributed by atoms with Crippen molar-refractivity contribution in [3.63, 3.8) is 0 Å². The Hall–Kier alpha value is -4.17. The first-order valence-corrected chi connectivity index (χ1v) is 10.2. The van der Waals surface area contributed by atoms with Crippen LogP contribution in [-0.2, 0) is 0 Å². The summed E-state index contributed by atoms with van der Waals surface area (Å²) in [5, 5.41) is 11.7. The number of anilines is 1. The Morgan fingerprint density at radius 2 is 1.82 bits per heavy atom. The van der Waals surface area contributed by atoms with Gasteiger partial charge in [-0.15, -0.1) is 0 Å². The molecule has 0 spiro atoms. The van der Waals surface area contributed by atoms with E-state index in [0.717, 1.165) is 0 Å². The van der Waals surface area contributed by atoms with Gasteiger partial charge < -0.3 is 9.15 Å². The monoisotopic (exact) mass is 462 g/mol. The van der Waals surface area contributed by atoms with E-state index in [0.29, 0.717) is 22.0 Å². The number of nitrogens with zero attached hydrogens (tertiary/aromatic N) is 2. The Bertz CT molecular complexity index is 1500. The standard InChI is InChI=1S/C24H15ClN2O6/c1-32-17-4-2-3-16(12-17)26-21(13-5-8-15(9-6-13)27(30)31)20-22(28)18-11-14(25)7-10-19(18)33-23(20)24(26)29/h2-12,21H,1H3. The maximum absolute atomic E-state index is 13.5. The van der Waals surface area contributed by atoms with Gasteiger partial charge in [-0.05, 0) is 48.0 Å². The SMILES string of the molecule is COc1cccc(N2C(=O)c3oc4ccc(Cl)cc4c(=O)c3C2c2ccc([N+](=O)[O-])cc2)c1. The van der Waals surface area contributed by atoms with Crippen LogP contribution in [0.2, 0.25) is 5.02 Å². The van der Waals surface area contributed by atoms with E-state index in [1.165, 1.54) is 42.3 Å². The Labute approximate surface area is 191 Å². The fraction of sp³-hybridized carbons (Fsp3) is 0.0833. The zero-order valence-corrected chi connectivity index (χ0v) is 17.9. The number of carbonyl (C=O) groups excluding carboxylic acids is 1. The molecule has 0 aliphatic carbocycles. The molecule has 1 aliphatic heterocycles. The van der Waals surface area contributed by atoms with E-state index >= 15 is 0 Å². The highest BCUT2D eigenvalue weighted by molar-refractivity contribution is 6.31. The van der Waals surface area contributed by atoms with Crippen LogP contribution in [0.5, 0.6) is 5.75 Å². The Balaban J connectivity index is 1.79. The zero-order valence-electron chi connectivity index (χ0n) is 17.2. The predicted octanol–water partition coefficient (Wildman–Crippen LogP) is 5.11. The molecule has 1 aromatic heterocycles. The summed E-state index contributed by atoms with van der Waals surface area (Å²) in [5.41, 5.74) is 0.891. The van der Waals surface area contributed by atoms with Crippen molar-refractivity contribution in [1.82, 2.24) is 0 Å². The molecule has 2 heterocycles. The highest BCUT2D eigenvalue weighted by Crippen LogP contribution is 2.42. The quantitative estimate of drug-likeness (QED) is 0.308. The number of hydrogen-bond acceptors (Lipinski definition) is 6. The lowest BCUT2D eigenvalue weighted by Crippen LogP contribution is -2.29. The second-order valence-corrected chi connectivity index (χ2v) is 7.88. The number of nitro benzene ring substituents is 1. The van der Waals surface area contributed by atoms with E-state index in [2.05, 4.69) is 0 Å². The number of methoxy groups -OCH3 is 1. The summed E-state index contributed by atoms with van der Waals surface area (Å²) in [6, 6.07) is 16.3. The molecule has 164 valence electrons. The summed E-state index contributed by atoms with van der Waals surface area (Å²) in [4.78, 5) is 39.1. The largest absolute Gasteiger partial charge is 0.497 e. The lowest BCUT2D eigenvalue weighted by atomic mass is 9.98. The number of non-ortho nitro benzene ring substituents is 1. The third kappa shape index (κ3) is 3.32. The van der Waals surface area contributed by atoms with Gasteiger partial charge in [0, 0.05) is 28.9 Å². The van der Waals surface area contributed by atoms with Crippen molar-refractivity contribution in [3.8, 4) is 5.75 Å². The van der Waals surface area contributed by atoms with Crippen LogP contribution < -0.4 is 15.1 Å². The van der Waals surface area contributed by atoms with Gasteiger partial charge in [0.1, 0.15) is 11.3 Å². The van der Waals surface area contributed by atoms with E-state index in [-0.39, 0.29) is 28.0 Å². The highest BCUT2D eigenvalue weighted by atomic mass is 35.5. The van der Waals surface area contributed by atoms with Crippen molar-refractivity contribution in [2.24, 2.45) is 0 Å². The molecule has 4 aromatic rings. The summed E-state index contributed by atoms with van der Waals surface area (Å²) in [7, 11) is 1.51. The van der Waals surface area contributed by atoms with Crippen LogP contribution in [0.4, 0.5) is 11.4 Å². The number of carbonyl (C=O) groups is 1. The third-order valence-corrected chi connectivity index (χ3v) is 5.82. The van der Waals surface area contributed by atoms with Crippen molar-refractivity contribution >= 4 is 39.9 Å². The van der Waals surface area contributed by atoms with Crippen LogP contribution in [0.1, 0.15) is 27.7 Å². The predicted molar refractivity (Wildman–Crippen MR) is 122 cm³/mol. The molecule has 0 saturated heterocycles. The number of nitro groups is 1. The van der Waals surface area contributed by atoms with Gasteiger partial charge in [-0.3, -0.25) is 24.6 Å². The van der Waals surface area contributed by atoms with Crippen LogP contribution in [0.3, 0.4) is 0 Å². The Morgan fingerprint density at radius 1 is 1.06 bits per heavy atom. The highest BCUT2D eigenvalue weighted by Gasteiger charge is 2.43. The van der Waals surface area contributed by atoms with Crippen molar-refractivity contribution < 1.29 is 18.9 Å². The van der Waals surface area contributed by atoms with Gasteiger partial charge in [-0.2, -0.15) is 0 Å². The molecule has 0 radical (unpaired) electrons. The molecule has 0 bridgehead atoms. The first kappa shape index (κ1) is 20.7. The van der Waals surface area contributed by atoms with E-state index in [1.807, 2.05) is 0 Å². The summed E-state index contributed by atoms with van der Waals surface area (Å²) < 4.78 is 11.2. The molecule has 9 heteroatoms. The van der Waals surface area contributed by atoms with Crippen LogP contribution in [-0.4, -0.2) is 17.9 Å². The van der Waals surface area contributed by atoms with Crippen molar-refractivity contribution in [2.45, 2.75) is 6.04 Å². The zero-order chi connectivity index (χ0) is 23.3. The van der Waals surface area contributed by atoms with E-state index in [4.69, 9.17) is 20.8 Å². The molecule has 0 N–H and O–H groups in total. The van der Waals surface area contributed by atoms with E-state index < -0.39 is 22.3 Å². The number of ether oxygens (including phenoxy) is 1. The Morgan fingerprint density at radius 3 is 2.52 bits per heavy atom. The normalized spacial score (nSPS) is 15.0. The molecule has 33 heavy (non-hydrogen) atoms. The number of halogens is 1. The van der Waals surface area contributed by atoms with Gasteiger partial charge in [-0.1, -0.05) is 17.7 Å². The smallest absolute Gasteiger partial charge is 0.295 e. The number of hydrogen-bond donors (Lipinski definition) is 0. The van der Waals surface area contributed by atoms with Gasteiger partial charge in [0.15, 0.2) is 5.43 Å². The summed E-state index contributed by atoms with van der Waals surface area (Å²) in [6.07, 6.45) is 0. The number of rotatable bonds is 4. The molecule has 1 amide bonds. The molecule has 1 unspecified atom stereocenters. The van der Waals surface area contributed by atoms with Crippen molar-refractivity contribution in [2.75, 3.05) is 12.0 Å². The molecule has 3 aromatic carbocycles. The second kappa shape index (κ2) is 7.75. The maximum atomic E-state index is 13.5. The molecule has 1 aliphatic rings. The van der Waals surface area contributed by atoms with Gasteiger partial charge in [-0.25, -0.2) is 0 Å². The number of amides is 1. The molecular formula is C24H15ClN2O6. The Kier molecular flexibility index (Phi) is 4.87. The number of fused-ring (bicyclic) bond motifs is 2. The van der Waals surface area contributed by atoms with Gasteiger partial charge in [0.2, 0.25) is 5.76 Å². The molecular weight excluding hydrogens is 448 g/mol. The van der Waals surface area contributed by atoms with E-state index in [9.17, 15) is 19.7 Å². The second-order valence-electron chi connectivity index (χ2n) is 7.44. The first-order chi connectivity index (χ1) is 15.9. The molecule has 5 rings (SSSR count). The maximum Gasteiger partial charge on any atom is 0.295 e. The van der Waals surface area contributed by atoms with Crippen LogP contribution >= 0.6 is 11.6 Å². The first-order valence-electron chi connectivity index (χ1n) is 9.87. The number of benzene rings is 3. The van der Waals surface area contributed by atoms with Crippen molar-refractivity contribution in [1.29, 1.82) is 0 Å². The fourth-order valence-corrected chi connectivity index (χ4v) is 4.24. The summed E-state index contributed by atoms with van der Waals surface area (Å²) >= 11 is 6.09. The summed E-state index contributed by atoms with van der Waals surface area (Å²) in [5.74, 6) is -0.0634. The average Bonchev–Trinajstić information content (AvgIpc) is 3.12. The molecule has 8 nitrogen and oxygen atoms in total. The van der Waals surface area contributed by atoms with Crippen LogP contribution in [0.25, 0.3) is 11.0 Å². The average molecular weight is 463 g/mol. The molecule has 0 saturated carbocycles. The van der Waals surface area contributed by atoms with Crippen LogP contribution in [0, 0.1) is 10.1 Å². The topological polar surface area (TPSA) is 103 Å². The van der Waals surface area contributed by atoms with Crippen molar-refractivity contribution in [3.05, 3.63) is 109 Å². The van der Waals surface area contributed by atoms with Gasteiger partial charge >= 0.3 is 0 Å². The lowest BCUT2D eigenvalue weighted by molar-refractivity contribution is -0.384. The third-order valence-electron chi connectivity index (χ3n) is 5.58. The minimum atomic E-state index is -0.861. The van der Waals surface area contributed by atoms with Gasteiger partial charge in [0.25, 0.3) is 11.6 Å². The minimum Gasteiger partial charge on any atom is -0.497 e. The van der Waals surface area contributed by atoms with E-state index in [1.54, 1.807) is 36.4 Å². The molecule has 1 atom stereocenters.